The van der Waals surface area contributed by atoms with Crippen molar-refractivity contribution in [1.82, 2.24) is 10.6 Å². The zero-order chi connectivity index (χ0) is 22.9. The number of carbonyl (C=O) groups is 1. The first-order chi connectivity index (χ1) is 14.7. The number of benzene rings is 2. The number of hydrogen-bond acceptors (Lipinski definition) is 4. The maximum Gasteiger partial charge on any atom is 0.422 e. The smallest absolute Gasteiger partial charge is 0.422 e. The van der Waals surface area contributed by atoms with Gasteiger partial charge in [-0.05, 0) is 36.2 Å². The van der Waals surface area contributed by atoms with E-state index in [-0.39, 0.29) is 12.3 Å². The van der Waals surface area contributed by atoms with Crippen LogP contribution in [-0.4, -0.2) is 39.0 Å². The number of rotatable bonds is 7. The minimum Gasteiger partial charge on any atom is -0.484 e. The first-order valence-corrected chi connectivity index (χ1v) is 9.37. The Hall–Kier alpha value is -3.43. The molecule has 0 saturated heterocycles. The second kappa shape index (κ2) is 11.1. The van der Waals surface area contributed by atoms with Crippen LogP contribution < -0.4 is 20.7 Å². The zero-order valence-corrected chi connectivity index (χ0v) is 17.5. The van der Waals surface area contributed by atoms with E-state index in [2.05, 4.69) is 25.7 Å². The summed E-state index contributed by atoms with van der Waals surface area (Å²) >= 11 is 0. The number of halogens is 3. The Morgan fingerprint density at radius 1 is 1.06 bits per heavy atom. The molecular weight excluding hydrogens is 413 g/mol. The van der Waals surface area contributed by atoms with Crippen LogP contribution in [0.1, 0.15) is 16.7 Å². The number of carbonyl (C=O) groups excluding carboxylic acids is 1. The second-order valence-electron chi connectivity index (χ2n) is 6.61. The Labute approximate surface area is 178 Å². The van der Waals surface area contributed by atoms with Crippen LogP contribution in [0.25, 0.3) is 0 Å². The molecule has 0 aliphatic heterocycles. The average molecular weight is 438 g/mol. The maximum atomic E-state index is 12.5. The summed E-state index contributed by atoms with van der Waals surface area (Å²) in [6.07, 6.45) is -4.96. The maximum absolute atomic E-state index is 12.5. The molecule has 2 rings (SSSR count). The number of methoxy groups -OCH3 is 1. The molecule has 0 bridgehead atoms. The molecule has 2 aromatic carbocycles. The Balaban J connectivity index is 1.92. The SMILES string of the molecule is CN=C(NCc1ccc(NC(=O)OC)cc1)NCc1ccc(C)cc1OCC(F)(F)F. The van der Waals surface area contributed by atoms with Crippen molar-refractivity contribution >= 4 is 17.7 Å². The van der Waals surface area contributed by atoms with Gasteiger partial charge in [0.1, 0.15) is 5.75 Å². The summed E-state index contributed by atoms with van der Waals surface area (Å²) in [6, 6.07) is 12.2. The normalized spacial score (nSPS) is 11.6. The molecule has 0 atom stereocenters. The van der Waals surface area contributed by atoms with Gasteiger partial charge in [-0.3, -0.25) is 10.3 Å². The van der Waals surface area contributed by atoms with Crippen LogP contribution in [-0.2, 0) is 17.8 Å². The molecule has 0 fully saturated rings. The first kappa shape index (κ1) is 23.8. The van der Waals surface area contributed by atoms with E-state index < -0.39 is 18.9 Å². The number of anilines is 1. The quantitative estimate of drug-likeness (QED) is 0.450. The Kier molecular flexibility index (Phi) is 8.53. The van der Waals surface area contributed by atoms with E-state index >= 15 is 0 Å². The fourth-order valence-corrected chi connectivity index (χ4v) is 2.56. The monoisotopic (exact) mass is 438 g/mol. The number of hydrogen-bond donors (Lipinski definition) is 3. The predicted octanol–water partition coefficient (Wildman–Crippen LogP) is 3.98. The number of amides is 1. The van der Waals surface area contributed by atoms with E-state index in [0.29, 0.717) is 23.8 Å². The molecule has 2 aromatic rings. The molecule has 0 unspecified atom stereocenters. The highest BCUT2D eigenvalue weighted by atomic mass is 19.4. The lowest BCUT2D eigenvalue weighted by atomic mass is 10.1. The van der Waals surface area contributed by atoms with Crippen molar-refractivity contribution in [3.63, 3.8) is 0 Å². The van der Waals surface area contributed by atoms with Crippen LogP contribution >= 0.6 is 0 Å². The molecule has 168 valence electrons. The van der Waals surface area contributed by atoms with Crippen LogP contribution in [0.15, 0.2) is 47.5 Å². The summed E-state index contributed by atoms with van der Waals surface area (Å²) in [4.78, 5) is 15.3. The van der Waals surface area contributed by atoms with Crippen molar-refractivity contribution in [2.45, 2.75) is 26.2 Å². The van der Waals surface area contributed by atoms with Gasteiger partial charge in [0.05, 0.1) is 7.11 Å². The van der Waals surface area contributed by atoms with Crippen LogP contribution in [0.4, 0.5) is 23.7 Å². The number of ether oxygens (including phenoxy) is 2. The lowest BCUT2D eigenvalue weighted by Gasteiger charge is -2.16. The third-order valence-electron chi connectivity index (χ3n) is 4.13. The van der Waals surface area contributed by atoms with Crippen molar-refractivity contribution in [2.75, 3.05) is 26.1 Å². The topological polar surface area (TPSA) is 84.0 Å². The average Bonchev–Trinajstić information content (AvgIpc) is 2.73. The molecule has 0 aliphatic rings. The summed E-state index contributed by atoms with van der Waals surface area (Å²) in [5.41, 5.74) is 2.91. The van der Waals surface area contributed by atoms with Gasteiger partial charge in [0.2, 0.25) is 0 Å². The van der Waals surface area contributed by atoms with Crippen LogP contribution in [0.2, 0.25) is 0 Å². The minimum atomic E-state index is -4.41. The van der Waals surface area contributed by atoms with Crippen molar-refractivity contribution in [3.05, 3.63) is 59.2 Å². The second-order valence-corrected chi connectivity index (χ2v) is 6.61. The van der Waals surface area contributed by atoms with Gasteiger partial charge in [0.15, 0.2) is 12.6 Å². The number of aryl methyl sites for hydroxylation is 1. The van der Waals surface area contributed by atoms with Gasteiger partial charge in [0.25, 0.3) is 0 Å². The summed E-state index contributed by atoms with van der Waals surface area (Å²) in [5, 5.41) is 8.74. The highest BCUT2D eigenvalue weighted by Crippen LogP contribution is 2.23. The highest BCUT2D eigenvalue weighted by Gasteiger charge is 2.28. The van der Waals surface area contributed by atoms with E-state index in [0.717, 1.165) is 11.1 Å². The number of guanidine groups is 1. The number of nitrogens with one attached hydrogen (secondary N) is 3. The molecule has 0 spiro atoms. The van der Waals surface area contributed by atoms with Crippen LogP contribution in [0, 0.1) is 6.92 Å². The fourth-order valence-electron chi connectivity index (χ4n) is 2.56. The standard InChI is InChI=1S/C21H25F3N4O3/c1-14-4-7-16(18(10-14)31-13-21(22,23)24)12-27-19(25-2)26-11-15-5-8-17(9-6-15)28-20(29)30-3/h4-10H,11-13H2,1-3H3,(H,28,29)(H2,25,26,27). The van der Waals surface area contributed by atoms with Gasteiger partial charge in [0, 0.05) is 31.4 Å². The third-order valence-corrected chi connectivity index (χ3v) is 4.13. The van der Waals surface area contributed by atoms with E-state index in [1.54, 1.807) is 44.3 Å². The predicted molar refractivity (Wildman–Crippen MR) is 112 cm³/mol. The van der Waals surface area contributed by atoms with E-state index in [4.69, 9.17) is 4.74 Å². The van der Waals surface area contributed by atoms with Crippen molar-refractivity contribution in [3.8, 4) is 5.75 Å². The third kappa shape index (κ3) is 8.45. The molecule has 0 saturated carbocycles. The largest absolute Gasteiger partial charge is 0.484 e. The summed E-state index contributed by atoms with van der Waals surface area (Å²) < 4.78 is 47.0. The van der Waals surface area contributed by atoms with Crippen molar-refractivity contribution in [2.24, 2.45) is 4.99 Å². The Morgan fingerprint density at radius 3 is 2.35 bits per heavy atom. The van der Waals surface area contributed by atoms with Crippen LogP contribution in [0.5, 0.6) is 5.75 Å². The van der Waals surface area contributed by atoms with E-state index in [1.165, 1.54) is 7.11 Å². The molecule has 7 nitrogen and oxygen atoms in total. The van der Waals surface area contributed by atoms with Crippen molar-refractivity contribution in [1.29, 1.82) is 0 Å². The fraction of sp³-hybridized carbons (Fsp3) is 0.333. The summed E-state index contributed by atoms with van der Waals surface area (Å²) in [7, 11) is 2.88. The van der Waals surface area contributed by atoms with Crippen molar-refractivity contribution < 1.29 is 27.4 Å². The lowest BCUT2D eigenvalue weighted by Crippen LogP contribution is -2.36. The van der Waals surface area contributed by atoms with Gasteiger partial charge >= 0.3 is 12.3 Å². The molecule has 0 aromatic heterocycles. The minimum absolute atomic E-state index is 0.175. The van der Waals surface area contributed by atoms with Gasteiger partial charge in [-0.1, -0.05) is 24.3 Å². The van der Waals surface area contributed by atoms with E-state index in [1.807, 2.05) is 12.1 Å². The summed E-state index contributed by atoms with van der Waals surface area (Å²) in [6.45, 7) is 1.11. The van der Waals surface area contributed by atoms with Gasteiger partial charge in [-0.2, -0.15) is 13.2 Å². The van der Waals surface area contributed by atoms with Gasteiger partial charge < -0.3 is 20.1 Å². The van der Waals surface area contributed by atoms with E-state index in [9.17, 15) is 18.0 Å². The molecule has 0 radical (unpaired) electrons. The molecular formula is C21H25F3N4O3. The molecule has 0 heterocycles. The molecule has 0 aliphatic carbocycles. The number of aliphatic imine (C=N–C) groups is 1. The molecule has 3 N–H and O–H groups in total. The van der Waals surface area contributed by atoms with Gasteiger partial charge in [-0.25, -0.2) is 4.79 Å². The Morgan fingerprint density at radius 2 is 1.74 bits per heavy atom. The molecule has 1 amide bonds. The zero-order valence-electron chi connectivity index (χ0n) is 17.5. The molecule has 10 heteroatoms. The number of nitrogens with zero attached hydrogens (tertiary/aromatic N) is 1. The number of alkyl halides is 3. The lowest BCUT2D eigenvalue weighted by molar-refractivity contribution is -0.153. The Bertz CT molecular complexity index is 900. The molecule has 31 heavy (non-hydrogen) atoms. The highest BCUT2D eigenvalue weighted by molar-refractivity contribution is 5.84. The van der Waals surface area contributed by atoms with Gasteiger partial charge in [-0.15, -0.1) is 0 Å². The first-order valence-electron chi connectivity index (χ1n) is 9.37. The summed E-state index contributed by atoms with van der Waals surface area (Å²) in [5.74, 6) is 0.646. The van der Waals surface area contributed by atoms with Crippen LogP contribution in [0.3, 0.4) is 0 Å².